The van der Waals surface area contributed by atoms with Crippen molar-refractivity contribution in [3.8, 4) is 0 Å². The molecule has 0 amide bonds. The van der Waals surface area contributed by atoms with Gasteiger partial charge in [-0.25, -0.2) is 4.98 Å². The van der Waals surface area contributed by atoms with Crippen LogP contribution in [0.15, 0.2) is 0 Å². The third-order valence-electron chi connectivity index (χ3n) is 3.69. The third kappa shape index (κ3) is 2.04. The van der Waals surface area contributed by atoms with Crippen molar-refractivity contribution in [3.05, 3.63) is 10.6 Å². The lowest BCUT2D eigenvalue weighted by Gasteiger charge is -2.25. The van der Waals surface area contributed by atoms with E-state index in [-0.39, 0.29) is 5.92 Å². The molecule has 0 aliphatic heterocycles. The number of rotatable bonds is 3. The summed E-state index contributed by atoms with van der Waals surface area (Å²) in [5.41, 5.74) is 0.815. The third-order valence-corrected chi connectivity index (χ3v) is 4.75. The van der Waals surface area contributed by atoms with Gasteiger partial charge in [0.05, 0.1) is 5.69 Å². The molecule has 1 saturated carbocycles. The number of hydrogen-bond donors (Lipinski definition) is 2. The molecule has 2 aliphatic rings. The Morgan fingerprint density at radius 1 is 1.35 bits per heavy atom. The average molecular weight is 252 g/mol. The Kier molecular flexibility index (Phi) is 2.78. The first-order chi connectivity index (χ1) is 8.24. The molecule has 0 bridgehead atoms. The minimum Gasteiger partial charge on any atom is -0.481 e. The van der Waals surface area contributed by atoms with Crippen LogP contribution in [0, 0.1) is 0 Å². The minimum atomic E-state index is -0.730. The van der Waals surface area contributed by atoms with Gasteiger partial charge in [-0.05, 0) is 38.5 Å². The molecule has 1 aromatic heterocycles. The molecule has 1 unspecified atom stereocenters. The van der Waals surface area contributed by atoms with Gasteiger partial charge in [-0.15, -0.1) is 11.3 Å². The number of thiazole rings is 1. The number of fused-ring (bicyclic) bond motifs is 1. The standard InChI is InChI=1S/C12H16N2O2S/c15-11(16)8-5-2-6-9-10(8)14-12(17-9)13-7-3-1-4-7/h7-8H,1-6H2,(H,13,14)(H,15,16). The zero-order chi connectivity index (χ0) is 11.8. The number of carboxylic acid groups (broad SMARTS) is 1. The molecule has 1 atom stereocenters. The number of anilines is 1. The average Bonchev–Trinajstić information content (AvgIpc) is 2.65. The van der Waals surface area contributed by atoms with Crippen molar-refractivity contribution in [3.63, 3.8) is 0 Å². The Morgan fingerprint density at radius 2 is 2.18 bits per heavy atom. The molecule has 2 aliphatic carbocycles. The Bertz CT molecular complexity index is 440. The van der Waals surface area contributed by atoms with Crippen LogP contribution in [0.4, 0.5) is 5.13 Å². The van der Waals surface area contributed by atoms with E-state index >= 15 is 0 Å². The molecule has 1 heterocycles. The highest BCUT2D eigenvalue weighted by Crippen LogP contribution is 2.37. The maximum absolute atomic E-state index is 11.2. The largest absolute Gasteiger partial charge is 0.481 e. The van der Waals surface area contributed by atoms with E-state index in [1.807, 2.05) is 0 Å². The van der Waals surface area contributed by atoms with Crippen molar-refractivity contribution < 1.29 is 9.90 Å². The summed E-state index contributed by atoms with van der Waals surface area (Å²) < 4.78 is 0. The molecule has 0 saturated heterocycles. The van der Waals surface area contributed by atoms with Crippen molar-refractivity contribution >= 4 is 22.4 Å². The maximum atomic E-state index is 11.2. The quantitative estimate of drug-likeness (QED) is 0.868. The second-order valence-corrected chi connectivity index (χ2v) is 5.97. The van der Waals surface area contributed by atoms with Gasteiger partial charge in [-0.3, -0.25) is 4.79 Å². The number of aliphatic carboxylic acids is 1. The summed E-state index contributed by atoms with van der Waals surface area (Å²) in [5, 5.41) is 13.5. The fourth-order valence-corrected chi connectivity index (χ4v) is 3.59. The molecule has 17 heavy (non-hydrogen) atoms. The van der Waals surface area contributed by atoms with Crippen LogP contribution in [0.3, 0.4) is 0 Å². The molecule has 0 spiro atoms. The summed E-state index contributed by atoms with van der Waals surface area (Å²) in [6, 6.07) is 0.561. The van der Waals surface area contributed by atoms with Crippen molar-refractivity contribution in [1.29, 1.82) is 0 Å². The van der Waals surface area contributed by atoms with Gasteiger partial charge in [-0.1, -0.05) is 0 Å². The van der Waals surface area contributed by atoms with Crippen LogP contribution in [0.25, 0.3) is 0 Å². The molecular weight excluding hydrogens is 236 g/mol. The second kappa shape index (κ2) is 4.29. The predicted octanol–water partition coefficient (Wildman–Crippen LogP) is 2.61. The van der Waals surface area contributed by atoms with E-state index in [1.54, 1.807) is 11.3 Å². The fraction of sp³-hybridized carbons (Fsp3) is 0.667. The highest BCUT2D eigenvalue weighted by atomic mass is 32.1. The van der Waals surface area contributed by atoms with Crippen molar-refractivity contribution in [2.45, 2.75) is 50.5 Å². The van der Waals surface area contributed by atoms with Gasteiger partial charge in [0.25, 0.3) is 0 Å². The van der Waals surface area contributed by atoms with Gasteiger partial charge in [0.2, 0.25) is 0 Å². The Morgan fingerprint density at radius 3 is 2.82 bits per heavy atom. The summed E-state index contributed by atoms with van der Waals surface area (Å²) in [6.45, 7) is 0. The molecule has 1 fully saturated rings. The molecular formula is C12H16N2O2S. The SMILES string of the molecule is O=C(O)C1CCCc2sc(NC3CCC3)nc21. The molecule has 0 aromatic carbocycles. The number of carboxylic acids is 1. The topological polar surface area (TPSA) is 62.2 Å². The molecule has 4 nitrogen and oxygen atoms in total. The Labute approximate surface area is 104 Å². The summed E-state index contributed by atoms with van der Waals surface area (Å²) in [7, 11) is 0. The van der Waals surface area contributed by atoms with Crippen LogP contribution >= 0.6 is 11.3 Å². The first-order valence-corrected chi connectivity index (χ1v) is 7.04. The van der Waals surface area contributed by atoms with Gasteiger partial charge in [-0.2, -0.15) is 0 Å². The van der Waals surface area contributed by atoms with Gasteiger partial charge in [0.15, 0.2) is 5.13 Å². The number of hydrogen-bond acceptors (Lipinski definition) is 4. The second-order valence-electron chi connectivity index (χ2n) is 4.88. The van der Waals surface area contributed by atoms with Gasteiger partial charge >= 0.3 is 5.97 Å². The zero-order valence-electron chi connectivity index (χ0n) is 9.61. The van der Waals surface area contributed by atoms with Crippen LogP contribution in [0.1, 0.15) is 48.6 Å². The van der Waals surface area contributed by atoms with Crippen LogP contribution in [-0.4, -0.2) is 22.1 Å². The van der Waals surface area contributed by atoms with E-state index in [0.29, 0.717) is 6.04 Å². The van der Waals surface area contributed by atoms with Gasteiger partial charge < -0.3 is 10.4 Å². The minimum absolute atomic E-state index is 0.382. The number of aryl methyl sites for hydroxylation is 1. The van der Waals surface area contributed by atoms with Crippen LogP contribution in [-0.2, 0) is 11.2 Å². The lowest BCUT2D eigenvalue weighted by atomic mass is 9.91. The summed E-state index contributed by atoms with van der Waals surface area (Å²) >= 11 is 1.65. The van der Waals surface area contributed by atoms with E-state index in [9.17, 15) is 9.90 Å². The van der Waals surface area contributed by atoms with Crippen molar-refractivity contribution in [2.75, 3.05) is 5.32 Å². The number of nitrogens with zero attached hydrogens (tertiary/aromatic N) is 1. The molecule has 3 rings (SSSR count). The number of carbonyl (C=O) groups is 1. The van der Waals surface area contributed by atoms with E-state index in [1.165, 1.54) is 24.1 Å². The van der Waals surface area contributed by atoms with E-state index < -0.39 is 5.97 Å². The number of aromatic nitrogens is 1. The van der Waals surface area contributed by atoms with Gasteiger partial charge in [0, 0.05) is 10.9 Å². The van der Waals surface area contributed by atoms with Crippen molar-refractivity contribution in [1.82, 2.24) is 4.98 Å². The lowest BCUT2D eigenvalue weighted by molar-refractivity contribution is -0.139. The first-order valence-electron chi connectivity index (χ1n) is 6.23. The van der Waals surface area contributed by atoms with E-state index in [4.69, 9.17) is 0 Å². The first kappa shape index (κ1) is 11.0. The molecule has 1 aromatic rings. The monoisotopic (exact) mass is 252 g/mol. The van der Waals surface area contributed by atoms with Crippen molar-refractivity contribution in [2.24, 2.45) is 0 Å². The van der Waals surface area contributed by atoms with E-state index in [2.05, 4.69) is 10.3 Å². The van der Waals surface area contributed by atoms with E-state index in [0.717, 1.165) is 30.1 Å². The lowest BCUT2D eigenvalue weighted by Crippen LogP contribution is -2.26. The van der Waals surface area contributed by atoms with Crippen LogP contribution in [0.2, 0.25) is 0 Å². The molecule has 0 radical (unpaired) electrons. The highest BCUT2D eigenvalue weighted by molar-refractivity contribution is 7.15. The number of nitrogens with one attached hydrogen (secondary N) is 1. The predicted molar refractivity (Wildman–Crippen MR) is 66.7 cm³/mol. The van der Waals surface area contributed by atoms with Crippen LogP contribution < -0.4 is 5.32 Å². The molecule has 5 heteroatoms. The fourth-order valence-electron chi connectivity index (χ4n) is 2.45. The summed E-state index contributed by atoms with van der Waals surface area (Å²) in [4.78, 5) is 16.8. The molecule has 2 N–H and O–H groups in total. The highest BCUT2D eigenvalue weighted by Gasteiger charge is 2.30. The Balaban J connectivity index is 1.82. The normalized spacial score (nSPS) is 23.9. The Hall–Kier alpha value is -1.10. The smallest absolute Gasteiger partial charge is 0.312 e. The maximum Gasteiger partial charge on any atom is 0.312 e. The zero-order valence-corrected chi connectivity index (χ0v) is 10.4. The summed E-state index contributed by atoms with van der Waals surface area (Å²) in [5.74, 6) is -1.11. The van der Waals surface area contributed by atoms with Crippen LogP contribution in [0.5, 0.6) is 0 Å². The molecule has 92 valence electrons. The summed E-state index contributed by atoms with van der Waals surface area (Å²) in [6.07, 6.45) is 6.41. The van der Waals surface area contributed by atoms with Gasteiger partial charge in [0.1, 0.15) is 5.92 Å².